The molecule has 0 aromatic heterocycles. The van der Waals surface area contributed by atoms with Crippen LogP contribution in [0.2, 0.25) is 0 Å². The number of nitrogens with two attached hydrogens (primary N) is 1. The molecule has 2 rings (SSSR count). The minimum Gasteiger partial charge on any atom is -0.353 e. The van der Waals surface area contributed by atoms with Crippen LogP contribution in [0.1, 0.15) is 58.8 Å². The summed E-state index contributed by atoms with van der Waals surface area (Å²) in [6, 6.07) is 0.456. The van der Waals surface area contributed by atoms with Gasteiger partial charge in [-0.3, -0.25) is 4.79 Å². The van der Waals surface area contributed by atoms with Crippen LogP contribution in [0.15, 0.2) is 0 Å². The minimum atomic E-state index is 0.0379. The Bertz CT molecular complexity index is 282. The maximum atomic E-state index is 12.4. The molecule has 2 aliphatic rings. The highest BCUT2D eigenvalue weighted by Gasteiger charge is 2.35. The number of rotatable bonds is 2. The van der Waals surface area contributed by atoms with E-state index in [1.54, 1.807) is 0 Å². The molecule has 0 bridgehead atoms. The van der Waals surface area contributed by atoms with Gasteiger partial charge in [-0.1, -0.05) is 33.1 Å². The summed E-state index contributed by atoms with van der Waals surface area (Å²) in [5.41, 5.74) is 6.14. The van der Waals surface area contributed by atoms with E-state index in [9.17, 15) is 4.79 Å². The number of carbonyl (C=O) groups is 1. The van der Waals surface area contributed by atoms with Crippen LogP contribution in [0.3, 0.4) is 0 Å². The zero-order valence-electron chi connectivity index (χ0n) is 11.8. The Kier molecular flexibility index (Phi) is 4.66. The summed E-state index contributed by atoms with van der Waals surface area (Å²) in [6.45, 7) is 4.46. The molecule has 0 aromatic rings. The Hall–Kier alpha value is -0.570. The van der Waals surface area contributed by atoms with Gasteiger partial charge in [0.15, 0.2) is 0 Å². The van der Waals surface area contributed by atoms with Gasteiger partial charge in [-0.25, -0.2) is 0 Å². The van der Waals surface area contributed by atoms with Gasteiger partial charge in [0, 0.05) is 12.1 Å². The molecule has 2 fully saturated rings. The molecule has 2 saturated carbocycles. The smallest absolute Gasteiger partial charge is 0.225 e. The maximum absolute atomic E-state index is 12.4. The van der Waals surface area contributed by atoms with Crippen LogP contribution in [0.4, 0.5) is 0 Å². The van der Waals surface area contributed by atoms with Gasteiger partial charge < -0.3 is 11.1 Å². The summed E-state index contributed by atoms with van der Waals surface area (Å²) < 4.78 is 0. The molecule has 1 amide bonds. The molecule has 104 valence electrons. The molecule has 0 aromatic carbocycles. The van der Waals surface area contributed by atoms with E-state index in [1.165, 1.54) is 19.3 Å². The van der Waals surface area contributed by atoms with Crippen LogP contribution in [-0.2, 0) is 4.79 Å². The molecule has 3 heteroatoms. The Morgan fingerprint density at radius 3 is 2.50 bits per heavy atom. The number of carbonyl (C=O) groups excluding carboxylic acids is 1. The molecular weight excluding hydrogens is 224 g/mol. The van der Waals surface area contributed by atoms with E-state index >= 15 is 0 Å². The highest BCUT2D eigenvalue weighted by Crippen LogP contribution is 2.30. The van der Waals surface area contributed by atoms with Crippen molar-refractivity contribution >= 4 is 5.91 Å². The topological polar surface area (TPSA) is 55.1 Å². The van der Waals surface area contributed by atoms with E-state index in [0.29, 0.717) is 12.0 Å². The average molecular weight is 252 g/mol. The normalized spacial score (nSPS) is 41.4. The molecular formula is C15H28N2O. The van der Waals surface area contributed by atoms with Crippen molar-refractivity contribution in [2.24, 2.45) is 23.5 Å². The van der Waals surface area contributed by atoms with Crippen molar-refractivity contribution in [3.05, 3.63) is 0 Å². The van der Waals surface area contributed by atoms with Gasteiger partial charge in [0.05, 0.1) is 5.92 Å². The van der Waals surface area contributed by atoms with Gasteiger partial charge in [0.2, 0.25) is 5.91 Å². The molecule has 3 N–H and O–H groups in total. The van der Waals surface area contributed by atoms with E-state index in [0.717, 1.165) is 31.6 Å². The fourth-order valence-corrected chi connectivity index (χ4v) is 3.77. The van der Waals surface area contributed by atoms with Gasteiger partial charge in [0.25, 0.3) is 0 Å². The third-order valence-corrected chi connectivity index (χ3v) is 4.86. The summed E-state index contributed by atoms with van der Waals surface area (Å²) >= 11 is 0. The van der Waals surface area contributed by atoms with Crippen LogP contribution in [0, 0.1) is 17.8 Å². The second-order valence-corrected chi connectivity index (χ2v) is 6.58. The van der Waals surface area contributed by atoms with E-state index in [4.69, 9.17) is 5.73 Å². The third kappa shape index (κ3) is 3.25. The second kappa shape index (κ2) is 6.05. The van der Waals surface area contributed by atoms with Crippen LogP contribution in [0.5, 0.6) is 0 Å². The van der Waals surface area contributed by atoms with Crippen molar-refractivity contribution in [3.63, 3.8) is 0 Å². The monoisotopic (exact) mass is 252 g/mol. The van der Waals surface area contributed by atoms with E-state index in [-0.39, 0.29) is 17.9 Å². The number of nitrogens with one attached hydrogen (secondary N) is 1. The van der Waals surface area contributed by atoms with Gasteiger partial charge in [-0.05, 0) is 37.5 Å². The molecule has 0 radical (unpaired) electrons. The highest BCUT2D eigenvalue weighted by atomic mass is 16.2. The first-order valence-corrected chi connectivity index (χ1v) is 7.64. The molecule has 18 heavy (non-hydrogen) atoms. The van der Waals surface area contributed by atoms with E-state index < -0.39 is 0 Å². The van der Waals surface area contributed by atoms with Crippen molar-refractivity contribution in [1.82, 2.24) is 5.32 Å². The predicted molar refractivity (Wildman–Crippen MR) is 74.0 cm³/mol. The highest BCUT2D eigenvalue weighted by molar-refractivity contribution is 5.80. The summed E-state index contributed by atoms with van der Waals surface area (Å²) in [4.78, 5) is 12.4. The lowest BCUT2D eigenvalue weighted by atomic mass is 9.76. The zero-order valence-corrected chi connectivity index (χ0v) is 11.8. The van der Waals surface area contributed by atoms with Crippen molar-refractivity contribution in [2.75, 3.05) is 0 Å². The molecule has 3 nitrogen and oxygen atoms in total. The number of amides is 1. The summed E-state index contributed by atoms with van der Waals surface area (Å²) in [5.74, 6) is 1.45. The van der Waals surface area contributed by atoms with Crippen LogP contribution >= 0.6 is 0 Å². The van der Waals surface area contributed by atoms with Crippen LogP contribution < -0.4 is 11.1 Å². The van der Waals surface area contributed by atoms with Gasteiger partial charge in [-0.2, -0.15) is 0 Å². The first-order valence-electron chi connectivity index (χ1n) is 7.64. The van der Waals surface area contributed by atoms with Crippen molar-refractivity contribution < 1.29 is 4.79 Å². The molecule has 5 unspecified atom stereocenters. The van der Waals surface area contributed by atoms with E-state index in [2.05, 4.69) is 19.2 Å². The zero-order chi connectivity index (χ0) is 13.1. The van der Waals surface area contributed by atoms with Gasteiger partial charge in [-0.15, -0.1) is 0 Å². The predicted octanol–water partition coefficient (Wildman–Crippen LogP) is 2.44. The third-order valence-electron chi connectivity index (χ3n) is 4.86. The molecule has 2 aliphatic carbocycles. The Morgan fingerprint density at radius 2 is 1.83 bits per heavy atom. The lowest BCUT2D eigenvalue weighted by molar-refractivity contribution is -0.129. The van der Waals surface area contributed by atoms with Crippen LogP contribution in [-0.4, -0.2) is 18.0 Å². The molecule has 0 aliphatic heterocycles. The molecule has 5 atom stereocenters. The lowest BCUT2D eigenvalue weighted by Gasteiger charge is -2.35. The van der Waals surface area contributed by atoms with Crippen LogP contribution in [0.25, 0.3) is 0 Å². The lowest BCUT2D eigenvalue weighted by Crippen LogP contribution is -2.50. The van der Waals surface area contributed by atoms with Crippen molar-refractivity contribution in [3.8, 4) is 0 Å². The second-order valence-electron chi connectivity index (χ2n) is 6.58. The quantitative estimate of drug-likeness (QED) is 0.793. The van der Waals surface area contributed by atoms with Gasteiger partial charge in [0.1, 0.15) is 0 Å². The average Bonchev–Trinajstić information content (AvgIpc) is 2.28. The number of hydrogen-bond donors (Lipinski definition) is 2. The first kappa shape index (κ1) is 13.9. The van der Waals surface area contributed by atoms with Crippen molar-refractivity contribution in [1.29, 1.82) is 0 Å². The largest absolute Gasteiger partial charge is 0.353 e. The fourth-order valence-electron chi connectivity index (χ4n) is 3.77. The minimum absolute atomic E-state index is 0.0379. The molecule has 0 heterocycles. The molecule has 0 saturated heterocycles. The summed E-state index contributed by atoms with van der Waals surface area (Å²) in [6.07, 6.45) is 8.17. The maximum Gasteiger partial charge on any atom is 0.225 e. The fraction of sp³-hybridized carbons (Fsp3) is 0.933. The number of hydrogen-bond acceptors (Lipinski definition) is 2. The van der Waals surface area contributed by atoms with Gasteiger partial charge >= 0.3 is 0 Å². The summed E-state index contributed by atoms with van der Waals surface area (Å²) in [5, 5.41) is 3.26. The molecule has 0 spiro atoms. The van der Waals surface area contributed by atoms with E-state index in [1.807, 2.05) is 0 Å². The standard InChI is InChI=1S/C15H28N2O/c1-10-5-3-7-12(9-10)17-15(18)14-11(2)6-4-8-13(14)16/h10-14H,3-9,16H2,1-2H3,(H,17,18). The Labute approximate surface area is 111 Å². The van der Waals surface area contributed by atoms with Crippen molar-refractivity contribution in [2.45, 2.75) is 70.9 Å². The Balaban J connectivity index is 1.89. The Morgan fingerprint density at radius 1 is 1.11 bits per heavy atom. The summed E-state index contributed by atoms with van der Waals surface area (Å²) in [7, 11) is 0. The first-order chi connectivity index (χ1) is 8.58. The SMILES string of the molecule is CC1CCCC(NC(=O)C2C(C)CCCC2N)C1.